The van der Waals surface area contributed by atoms with Gasteiger partial charge in [0.1, 0.15) is 0 Å². The Morgan fingerprint density at radius 2 is 0.814 bits per heavy atom. The van der Waals surface area contributed by atoms with E-state index in [0.29, 0.717) is 0 Å². The number of thiophene rings is 3. The summed E-state index contributed by atoms with van der Waals surface area (Å²) in [6.07, 6.45) is 0. The predicted octanol–water partition coefficient (Wildman–Crippen LogP) is 13.3. The molecule has 0 fully saturated rings. The molecule has 7 aromatic carbocycles. The van der Waals surface area contributed by atoms with Crippen LogP contribution in [0.1, 0.15) is 0 Å². The maximum absolute atomic E-state index is 2.40. The molecule has 3 heterocycles. The lowest BCUT2D eigenvalue weighted by molar-refractivity contribution is 1.70. The molecule has 0 radical (unpaired) electrons. The van der Waals surface area contributed by atoms with E-state index in [1.54, 1.807) is 0 Å². The van der Waals surface area contributed by atoms with Crippen LogP contribution in [0.25, 0.3) is 93.5 Å². The first-order chi connectivity index (χ1) is 21.2. The largest absolute Gasteiger partial charge is 0.135 e. The average molecular weight is 599 g/mol. The fourth-order valence-electron chi connectivity index (χ4n) is 6.57. The summed E-state index contributed by atoms with van der Waals surface area (Å²) in [6.45, 7) is 0. The molecule has 43 heavy (non-hydrogen) atoms. The van der Waals surface area contributed by atoms with Gasteiger partial charge in [0.2, 0.25) is 0 Å². The molecule has 0 saturated heterocycles. The van der Waals surface area contributed by atoms with E-state index in [2.05, 4.69) is 133 Å². The molecule has 3 aromatic heterocycles. The summed E-state index contributed by atoms with van der Waals surface area (Å²) in [4.78, 5) is 1.32. The molecule has 0 unspecified atom stereocenters. The lowest BCUT2D eigenvalue weighted by Gasteiger charge is -2.05. The zero-order valence-corrected chi connectivity index (χ0v) is 25.4. The molecule has 0 bridgehead atoms. The molecule has 0 N–H and O–H groups in total. The highest BCUT2D eigenvalue weighted by Gasteiger charge is 2.14. The van der Waals surface area contributed by atoms with Gasteiger partial charge in [0.15, 0.2) is 0 Å². The third kappa shape index (κ3) is 3.72. The van der Waals surface area contributed by atoms with E-state index in [1.807, 2.05) is 34.0 Å². The van der Waals surface area contributed by atoms with E-state index in [9.17, 15) is 0 Å². The second-order valence-electron chi connectivity index (χ2n) is 11.4. The monoisotopic (exact) mass is 598 g/mol. The van der Waals surface area contributed by atoms with Gasteiger partial charge in [-0.2, -0.15) is 0 Å². The van der Waals surface area contributed by atoms with E-state index in [4.69, 9.17) is 0 Å². The number of hydrogen-bond acceptors (Lipinski definition) is 3. The van der Waals surface area contributed by atoms with Crippen molar-refractivity contribution in [3.05, 3.63) is 133 Å². The van der Waals surface area contributed by atoms with Gasteiger partial charge in [0.05, 0.1) is 9.40 Å². The maximum Gasteiger partial charge on any atom is 0.0542 e. The molecular weight excluding hydrogens is 577 g/mol. The molecule has 0 amide bonds. The van der Waals surface area contributed by atoms with Crippen molar-refractivity contribution < 1.29 is 0 Å². The third-order valence-electron chi connectivity index (χ3n) is 8.79. The minimum atomic E-state index is 1.27. The van der Waals surface area contributed by atoms with Crippen LogP contribution in [0.15, 0.2) is 133 Å². The van der Waals surface area contributed by atoms with Crippen LogP contribution in [0.4, 0.5) is 0 Å². The minimum Gasteiger partial charge on any atom is -0.135 e. The molecule has 0 aliphatic heterocycles. The Bertz CT molecular complexity index is 2730. The van der Waals surface area contributed by atoms with Gasteiger partial charge in [-0.15, -0.1) is 34.0 Å². The first-order valence-electron chi connectivity index (χ1n) is 14.5. The summed E-state index contributed by atoms with van der Waals surface area (Å²) in [5.74, 6) is 0. The van der Waals surface area contributed by atoms with Crippen LogP contribution in [0, 0.1) is 0 Å². The van der Waals surface area contributed by atoms with Gasteiger partial charge in [0, 0.05) is 29.7 Å². The molecule has 10 rings (SSSR count). The lowest BCUT2D eigenvalue weighted by Crippen LogP contribution is -1.79. The van der Waals surface area contributed by atoms with Crippen LogP contribution in [0.5, 0.6) is 0 Å². The summed E-state index contributed by atoms with van der Waals surface area (Å²) >= 11 is 5.75. The molecular formula is C40H22S3. The first-order valence-corrected chi connectivity index (χ1v) is 16.9. The summed E-state index contributed by atoms with van der Waals surface area (Å²) in [6, 6.07) is 49.8. The molecule has 0 aliphatic rings. The zero-order chi connectivity index (χ0) is 28.1. The Hall–Kier alpha value is -4.54. The van der Waals surface area contributed by atoms with Gasteiger partial charge >= 0.3 is 0 Å². The van der Waals surface area contributed by atoms with E-state index in [1.165, 1.54) is 93.5 Å². The molecule has 3 heteroatoms. The number of rotatable bonds is 2. The fourth-order valence-corrected chi connectivity index (χ4v) is 10.3. The van der Waals surface area contributed by atoms with Gasteiger partial charge in [-0.1, -0.05) is 78.9 Å². The Labute approximate surface area is 259 Å². The predicted molar refractivity (Wildman–Crippen MR) is 193 cm³/mol. The molecule has 0 saturated carbocycles. The lowest BCUT2D eigenvalue weighted by atomic mass is 9.99. The van der Waals surface area contributed by atoms with Crippen molar-refractivity contribution in [3.8, 4) is 21.6 Å². The first kappa shape index (κ1) is 24.0. The van der Waals surface area contributed by atoms with E-state index in [-0.39, 0.29) is 0 Å². The van der Waals surface area contributed by atoms with Crippen LogP contribution >= 0.6 is 34.0 Å². The Balaban J connectivity index is 1.06. The zero-order valence-electron chi connectivity index (χ0n) is 22.9. The molecule has 10 aromatic rings. The van der Waals surface area contributed by atoms with Gasteiger partial charge in [-0.3, -0.25) is 0 Å². The SMILES string of the molecule is c1ccc2cc(-c3cc4cc(-c5ccc6cc7c(cc6c5)sc5c6cc8ccccc8cc6sc75)ccc4s3)ccc2c1. The van der Waals surface area contributed by atoms with E-state index >= 15 is 0 Å². The molecule has 0 aliphatic carbocycles. The van der Waals surface area contributed by atoms with Crippen molar-refractivity contribution >= 4 is 106 Å². The molecule has 200 valence electrons. The van der Waals surface area contributed by atoms with Gasteiger partial charge in [-0.25, -0.2) is 0 Å². The molecule has 0 nitrogen and oxygen atoms in total. The topological polar surface area (TPSA) is 0 Å². The van der Waals surface area contributed by atoms with Crippen LogP contribution in [0.3, 0.4) is 0 Å². The summed E-state index contributed by atoms with van der Waals surface area (Å²) in [5.41, 5.74) is 3.82. The third-order valence-corrected chi connectivity index (χ3v) is 12.5. The number of fused-ring (bicyclic) bond motifs is 9. The standard InChI is InChI=1S/C40H22S3/c1-2-6-24-15-30(12-9-23(24)5-1)36-22-32-17-28(13-14-35(32)41-36)27-10-11-29-19-34-38(21-31(29)16-27)43-39-33-18-25-7-3-4-8-26(25)20-37(33)42-40(34)39/h1-22H. The Morgan fingerprint density at radius 3 is 1.56 bits per heavy atom. The average Bonchev–Trinajstić information content (AvgIpc) is 3.73. The smallest absolute Gasteiger partial charge is 0.0542 e. The summed E-state index contributed by atoms with van der Waals surface area (Å²) in [5, 5.41) is 11.9. The highest BCUT2D eigenvalue weighted by molar-refractivity contribution is 7.36. The van der Waals surface area contributed by atoms with Crippen LogP contribution in [-0.4, -0.2) is 0 Å². The van der Waals surface area contributed by atoms with Crippen LogP contribution in [-0.2, 0) is 0 Å². The van der Waals surface area contributed by atoms with Gasteiger partial charge in [0.25, 0.3) is 0 Å². The van der Waals surface area contributed by atoms with Crippen molar-refractivity contribution in [2.75, 3.05) is 0 Å². The van der Waals surface area contributed by atoms with Crippen LogP contribution in [0.2, 0.25) is 0 Å². The van der Waals surface area contributed by atoms with Crippen molar-refractivity contribution in [3.63, 3.8) is 0 Å². The second kappa shape index (κ2) is 8.98. The highest BCUT2D eigenvalue weighted by Crippen LogP contribution is 2.46. The fraction of sp³-hybridized carbons (Fsp3) is 0. The van der Waals surface area contributed by atoms with Crippen LogP contribution < -0.4 is 0 Å². The quantitative estimate of drug-likeness (QED) is 0.186. The number of benzene rings is 7. The summed E-state index contributed by atoms with van der Waals surface area (Å²) in [7, 11) is 0. The Kier molecular flexibility index (Phi) is 5.00. The van der Waals surface area contributed by atoms with Gasteiger partial charge < -0.3 is 0 Å². The number of hydrogen-bond donors (Lipinski definition) is 0. The highest BCUT2D eigenvalue weighted by atomic mass is 32.1. The molecule has 0 atom stereocenters. The van der Waals surface area contributed by atoms with Gasteiger partial charge in [-0.05, 0) is 109 Å². The second-order valence-corrected chi connectivity index (χ2v) is 14.6. The van der Waals surface area contributed by atoms with Crippen molar-refractivity contribution in [2.45, 2.75) is 0 Å². The van der Waals surface area contributed by atoms with Crippen molar-refractivity contribution in [1.29, 1.82) is 0 Å². The summed E-state index contributed by atoms with van der Waals surface area (Å²) < 4.78 is 6.91. The van der Waals surface area contributed by atoms with Crippen molar-refractivity contribution in [2.24, 2.45) is 0 Å². The van der Waals surface area contributed by atoms with Crippen molar-refractivity contribution in [1.82, 2.24) is 0 Å². The normalized spacial score (nSPS) is 12.2. The minimum absolute atomic E-state index is 1.27. The maximum atomic E-state index is 2.40. The Morgan fingerprint density at radius 1 is 0.302 bits per heavy atom. The van der Waals surface area contributed by atoms with E-state index in [0.717, 1.165) is 0 Å². The van der Waals surface area contributed by atoms with E-state index < -0.39 is 0 Å². The molecule has 0 spiro atoms.